The van der Waals surface area contributed by atoms with Gasteiger partial charge in [0.15, 0.2) is 16.7 Å². The highest BCUT2D eigenvalue weighted by Gasteiger charge is 2.18. The molecule has 0 fully saturated rings. The minimum absolute atomic E-state index is 0.142. The number of benzene rings is 1. The third kappa shape index (κ3) is 3.52. The van der Waals surface area contributed by atoms with Crippen LogP contribution in [0.5, 0.6) is 11.5 Å². The zero-order chi connectivity index (χ0) is 17.2. The molecule has 3 rings (SSSR count). The van der Waals surface area contributed by atoms with Crippen LogP contribution in [0.4, 0.5) is 0 Å². The van der Waals surface area contributed by atoms with E-state index in [0.717, 1.165) is 23.1 Å². The lowest BCUT2D eigenvalue weighted by molar-refractivity contribution is 0.354. The van der Waals surface area contributed by atoms with Crippen LogP contribution < -0.4 is 14.2 Å². The van der Waals surface area contributed by atoms with Gasteiger partial charge in [0.2, 0.25) is 10.0 Å². The van der Waals surface area contributed by atoms with Crippen LogP contribution in [-0.4, -0.2) is 44.5 Å². The highest BCUT2D eigenvalue weighted by molar-refractivity contribution is 7.99. The van der Waals surface area contributed by atoms with Gasteiger partial charge in [0.25, 0.3) is 0 Å². The molecule has 1 N–H and O–H groups in total. The summed E-state index contributed by atoms with van der Waals surface area (Å²) in [7, 11) is -0.634. The van der Waals surface area contributed by atoms with Crippen molar-refractivity contribution in [3.8, 4) is 11.5 Å². The van der Waals surface area contributed by atoms with E-state index in [0.29, 0.717) is 17.9 Å². The van der Waals surface area contributed by atoms with Crippen molar-refractivity contribution in [3.63, 3.8) is 0 Å². The highest BCUT2D eigenvalue weighted by Crippen LogP contribution is 2.29. The van der Waals surface area contributed by atoms with Crippen molar-refractivity contribution >= 4 is 21.8 Å². The van der Waals surface area contributed by atoms with Gasteiger partial charge < -0.3 is 14.0 Å². The topological polar surface area (TPSA) is 82.5 Å². The second kappa shape index (κ2) is 7.04. The van der Waals surface area contributed by atoms with E-state index in [2.05, 4.69) is 14.3 Å². The maximum Gasteiger partial charge on any atom is 0.240 e. The molecule has 1 aliphatic rings. The quantitative estimate of drug-likeness (QED) is 0.797. The maximum atomic E-state index is 12.4. The Balaban J connectivity index is 1.65. The number of sulfonamides is 1. The Morgan fingerprint density at radius 1 is 1.29 bits per heavy atom. The second-order valence-electron chi connectivity index (χ2n) is 5.22. The summed E-state index contributed by atoms with van der Waals surface area (Å²) >= 11 is 1.72. The van der Waals surface area contributed by atoms with Crippen molar-refractivity contribution in [1.29, 1.82) is 0 Å². The van der Waals surface area contributed by atoms with E-state index in [-0.39, 0.29) is 11.4 Å². The lowest BCUT2D eigenvalue weighted by Gasteiger charge is -2.10. The second-order valence-corrected chi connectivity index (χ2v) is 8.05. The lowest BCUT2D eigenvalue weighted by atomic mass is 10.3. The van der Waals surface area contributed by atoms with Gasteiger partial charge in [0.1, 0.15) is 0 Å². The van der Waals surface area contributed by atoms with Crippen LogP contribution in [0.1, 0.15) is 5.69 Å². The number of nitrogens with one attached hydrogen (secondary N) is 1. The Morgan fingerprint density at radius 2 is 2.08 bits per heavy atom. The molecule has 0 amide bonds. The summed E-state index contributed by atoms with van der Waals surface area (Å²) < 4.78 is 39.7. The van der Waals surface area contributed by atoms with Crippen LogP contribution in [-0.2, 0) is 23.0 Å². The van der Waals surface area contributed by atoms with Crippen LogP contribution in [0, 0.1) is 0 Å². The summed E-state index contributed by atoms with van der Waals surface area (Å²) in [5.41, 5.74) is 0.896. The fourth-order valence-corrected chi connectivity index (χ4v) is 4.47. The first kappa shape index (κ1) is 17.1. The van der Waals surface area contributed by atoms with Crippen LogP contribution in [0.2, 0.25) is 0 Å². The van der Waals surface area contributed by atoms with Gasteiger partial charge in [-0.3, -0.25) is 0 Å². The van der Waals surface area contributed by atoms with Gasteiger partial charge in [0.05, 0.1) is 24.8 Å². The Labute approximate surface area is 145 Å². The number of aromatic nitrogens is 2. The van der Waals surface area contributed by atoms with Gasteiger partial charge in [-0.05, 0) is 12.1 Å². The molecule has 0 atom stereocenters. The smallest absolute Gasteiger partial charge is 0.240 e. The number of imidazole rings is 1. The first-order valence-electron chi connectivity index (χ1n) is 7.44. The molecule has 0 unspecified atom stereocenters. The van der Waals surface area contributed by atoms with Crippen molar-refractivity contribution in [2.75, 3.05) is 26.5 Å². The predicted octanol–water partition coefficient (Wildman–Crippen LogP) is 1.53. The third-order valence-electron chi connectivity index (χ3n) is 3.69. The molecule has 130 valence electrons. The molecular formula is C15H19N3O4S2. The summed E-state index contributed by atoms with van der Waals surface area (Å²) in [6.07, 6.45) is 2.53. The summed E-state index contributed by atoms with van der Waals surface area (Å²) in [6.45, 7) is 1.25. The van der Waals surface area contributed by atoms with Crippen molar-refractivity contribution in [1.82, 2.24) is 14.3 Å². The zero-order valence-electron chi connectivity index (χ0n) is 13.5. The first-order valence-corrected chi connectivity index (χ1v) is 9.91. The largest absolute Gasteiger partial charge is 0.493 e. The molecule has 1 aromatic carbocycles. The number of aryl methyl sites for hydroxylation is 1. The summed E-state index contributed by atoms with van der Waals surface area (Å²) in [5, 5.41) is 1.01. The monoisotopic (exact) mass is 369 g/mol. The van der Waals surface area contributed by atoms with E-state index in [1.807, 2.05) is 6.20 Å². The number of hydrogen-bond acceptors (Lipinski definition) is 6. The average molecular weight is 369 g/mol. The molecular weight excluding hydrogens is 350 g/mol. The van der Waals surface area contributed by atoms with Crippen LogP contribution in [0.25, 0.3) is 0 Å². The molecule has 9 heteroatoms. The lowest BCUT2D eigenvalue weighted by Crippen LogP contribution is -2.26. The van der Waals surface area contributed by atoms with E-state index < -0.39 is 10.0 Å². The average Bonchev–Trinajstić information content (AvgIpc) is 3.15. The fourth-order valence-electron chi connectivity index (χ4n) is 2.46. The molecule has 0 bridgehead atoms. The molecule has 0 spiro atoms. The van der Waals surface area contributed by atoms with Gasteiger partial charge in [-0.1, -0.05) is 11.8 Å². The summed E-state index contributed by atoms with van der Waals surface area (Å²) in [6, 6.07) is 4.51. The van der Waals surface area contributed by atoms with Gasteiger partial charge in [-0.25, -0.2) is 18.1 Å². The number of nitrogens with zero attached hydrogens (tertiary/aromatic N) is 2. The number of methoxy groups -OCH3 is 2. The summed E-state index contributed by atoms with van der Waals surface area (Å²) in [5.74, 6) is 1.92. The maximum absolute atomic E-state index is 12.4. The van der Waals surface area contributed by atoms with Crippen LogP contribution in [0.15, 0.2) is 34.4 Å². The van der Waals surface area contributed by atoms with Crippen molar-refractivity contribution in [2.45, 2.75) is 23.0 Å². The molecule has 0 aliphatic carbocycles. The number of thioether (sulfide) groups is 1. The molecule has 2 aromatic rings. The van der Waals surface area contributed by atoms with E-state index in [1.165, 1.54) is 26.4 Å². The van der Waals surface area contributed by atoms with E-state index in [4.69, 9.17) is 9.47 Å². The fraction of sp³-hybridized carbons (Fsp3) is 0.400. The van der Waals surface area contributed by atoms with E-state index in [9.17, 15) is 8.42 Å². The molecule has 0 saturated heterocycles. The Morgan fingerprint density at radius 3 is 2.79 bits per heavy atom. The number of ether oxygens (including phenoxy) is 2. The third-order valence-corrected chi connectivity index (χ3v) is 6.12. The molecule has 2 heterocycles. The molecule has 0 saturated carbocycles. The van der Waals surface area contributed by atoms with Crippen LogP contribution in [0.3, 0.4) is 0 Å². The Hall–Kier alpha value is -1.71. The van der Waals surface area contributed by atoms with Crippen LogP contribution >= 0.6 is 11.8 Å². The standard InChI is InChI=1S/C15H19N3O4S2/c1-21-13-4-3-12(9-14(13)22-2)24(19,20)16-6-5-11-10-18-7-8-23-15(18)17-11/h3-4,9-10,16H,5-8H2,1-2H3. The van der Waals surface area contributed by atoms with E-state index in [1.54, 1.807) is 17.8 Å². The molecule has 7 nitrogen and oxygen atoms in total. The van der Waals surface area contributed by atoms with Gasteiger partial charge in [-0.2, -0.15) is 0 Å². The minimum Gasteiger partial charge on any atom is -0.493 e. The molecule has 1 aromatic heterocycles. The van der Waals surface area contributed by atoms with Gasteiger partial charge >= 0.3 is 0 Å². The minimum atomic E-state index is -3.61. The van der Waals surface area contributed by atoms with Crippen molar-refractivity contribution < 1.29 is 17.9 Å². The Kier molecular flexibility index (Phi) is 5.02. The highest BCUT2D eigenvalue weighted by atomic mass is 32.2. The zero-order valence-corrected chi connectivity index (χ0v) is 15.1. The molecule has 0 radical (unpaired) electrons. The van der Waals surface area contributed by atoms with E-state index >= 15 is 0 Å². The van der Waals surface area contributed by atoms with Crippen molar-refractivity contribution in [3.05, 3.63) is 30.1 Å². The number of hydrogen-bond donors (Lipinski definition) is 1. The SMILES string of the molecule is COc1ccc(S(=O)(=O)NCCc2cn3c(n2)SCC3)cc1OC. The number of rotatable bonds is 7. The first-order chi connectivity index (χ1) is 11.5. The van der Waals surface area contributed by atoms with Gasteiger partial charge in [-0.15, -0.1) is 0 Å². The number of fused-ring (bicyclic) bond motifs is 1. The Bertz CT molecular complexity index is 812. The molecule has 24 heavy (non-hydrogen) atoms. The van der Waals surface area contributed by atoms with Crippen molar-refractivity contribution in [2.24, 2.45) is 0 Å². The normalized spacial score (nSPS) is 13.8. The summed E-state index contributed by atoms with van der Waals surface area (Å²) in [4.78, 5) is 4.63. The van der Waals surface area contributed by atoms with Gasteiger partial charge in [0, 0.05) is 37.5 Å². The predicted molar refractivity (Wildman–Crippen MR) is 91.4 cm³/mol. The molecule has 1 aliphatic heterocycles.